The van der Waals surface area contributed by atoms with Crippen molar-refractivity contribution in [3.63, 3.8) is 0 Å². The Hall–Kier alpha value is -2.93. The van der Waals surface area contributed by atoms with E-state index in [4.69, 9.17) is 0 Å². The molecule has 0 fully saturated rings. The van der Waals surface area contributed by atoms with Crippen molar-refractivity contribution in [2.75, 3.05) is 5.32 Å². The van der Waals surface area contributed by atoms with Crippen molar-refractivity contribution in [1.82, 2.24) is 19.8 Å². The van der Waals surface area contributed by atoms with Crippen LogP contribution in [0.2, 0.25) is 0 Å². The van der Waals surface area contributed by atoms with Gasteiger partial charge in [-0.25, -0.2) is 0 Å². The fourth-order valence-electron chi connectivity index (χ4n) is 3.72. The van der Waals surface area contributed by atoms with Crippen molar-refractivity contribution in [2.24, 2.45) is 0 Å². The number of phenolic OH excluding ortho intramolecular Hbond substituents is 1. The third-order valence-corrected chi connectivity index (χ3v) is 5.80. The zero-order valence-electron chi connectivity index (χ0n) is 14.7. The standard InChI is InChI=1S/C20H19N5OS/c26-17-6-5-13-3-1-2-4-15(13)16(17)11-21-18-7-8-19-22-23-20(25(19)24-18)14-9-10-27-12-14/h5-10,12,26H,1-4,11H2,(H,21,24). The van der Waals surface area contributed by atoms with Gasteiger partial charge in [-0.15, -0.1) is 15.3 Å². The Morgan fingerprint density at radius 2 is 2.00 bits per heavy atom. The summed E-state index contributed by atoms with van der Waals surface area (Å²) < 4.78 is 1.75. The SMILES string of the molecule is Oc1ccc2c(c1CNc1ccc3nnc(-c4ccsc4)n3n1)CCCC2. The summed E-state index contributed by atoms with van der Waals surface area (Å²) in [6.07, 6.45) is 4.53. The number of thiophene rings is 1. The van der Waals surface area contributed by atoms with E-state index in [1.807, 2.05) is 35.0 Å². The highest BCUT2D eigenvalue weighted by Crippen LogP contribution is 2.31. The molecule has 3 heterocycles. The van der Waals surface area contributed by atoms with E-state index in [9.17, 15) is 5.11 Å². The van der Waals surface area contributed by atoms with Gasteiger partial charge in [-0.2, -0.15) is 15.9 Å². The summed E-state index contributed by atoms with van der Waals surface area (Å²) in [6.45, 7) is 0.545. The van der Waals surface area contributed by atoms with Crippen LogP contribution in [0.5, 0.6) is 5.75 Å². The number of aromatic nitrogens is 4. The van der Waals surface area contributed by atoms with Gasteiger partial charge >= 0.3 is 0 Å². The van der Waals surface area contributed by atoms with Crippen LogP contribution in [0.1, 0.15) is 29.5 Å². The van der Waals surface area contributed by atoms with Gasteiger partial charge in [-0.3, -0.25) is 0 Å². The van der Waals surface area contributed by atoms with Crippen LogP contribution in [-0.2, 0) is 19.4 Å². The number of rotatable bonds is 4. The normalized spacial score (nSPS) is 13.6. The van der Waals surface area contributed by atoms with Crippen molar-refractivity contribution in [3.05, 3.63) is 57.8 Å². The summed E-state index contributed by atoms with van der Waals surface area (Å²) in [5, 5.41) is 30.9. The molecular weight excluding hydrogens is 358 g/mol. The number of nitrogens with one attached hydrogen (secondary N) is 1. The van der Waals surface area contributed by atoms with E-state index in [1.54, 1.807) is 15.9 Å². The molecule has 5 rings (SSSR count). The highest BCUT2D eigenvalue weighted by atomic mass is 32.1. The maximum atomic E-state index is 10.4. The number of hydrogen-bond acceptors (Lipinski definition) is 6. The van der Waals surface area contributed by atoms with Gasteiger partial charge in [0.2, 0.25) is 0 Å². The molecule has 0 unspecified atom stereocenters. The van der Waals surface area contributed by atoms with Gasteiger partial charge in [-0.05, 0) is 66.5 Å². The first-order valence-electron chi connectivity index (χ1n) is 9.11. The second kappa shape index (κ2) is 6.66. The molecule has 27 heavy (non-hydrogen) atoms. The van der Waals surface area contributed by atoms with E-state index in [0.717, 1.165) is 35.6 Å². The minimum absolute atomic E-state index is 0.354. The fourth-order valence-corrected chi connectivity index (χ4v) is 4.36. The number of nitrogens with zero attached hydrogens (tertiary/aromatic N) is 4. The predicted octanol–water partition coefficient (Wildman–Crippen LogP) is 4.05. The molecule has 2 N–H and O–H groups in total. The van der Waals surface area contributed by atoms with E-state index in [-0.39, 0.29) is 0 Å². The quantitative estimate of drug-likeness (QED) is 0.561. The van der Waals surface area contributed by atoms with Crippen molar-refractivity contribution in [1.29, 1.82) is 0 Å². The van der Waals surface area contributed by atoms with E-state index < -0.39 is 0 Å². The van der Waals surface area contributed by atoms with Crippen LogP contribution in [0.15, 0.2) is 41.1 Å². The van der Waals surface area contributed by atoms with E-state index in [0.29, 0.717) is 17.9 Å². The van der Waals surface area contributed by atoms with E-state index in [1.165, 1.54) is 24.0 Å². The lowest BCUT2D eigenvalue weighted by Gasteiger charge is -2.20. The van der Waals surface area contributed by atoms with Crippen LogP contribution >= 0.6 is 11.3 Å². The molecule has 6 nitrogen and oxygen atoms in total. The van der Waals surface area contributed by atoms with Crippen LogP contribution < -0.4 is 5.32 Å². The van der Waals surface area contributed by atoms with Crippen molar-refractivity contribution >= 4 is 22.8 Å². The summed E-state index contributed by atoms with van der Waals surface area (Å²) in [6, 6.07) is 9.68. The Kier molecular flexibility index (Phi) is 4.01. The van der Waals surface area contributed by atoms with Crippen LogP contribution in [0.4, 0.5) is 5.82 Å². The summed E-state index contributed by atoms with van der Waals surface area (Å²) in [4.78, 5) is 0. The molecule has 0 saturated carbocycles. The van der Waals surface area contributed by atoms with Gasteiger partial charge in [0.1, 0.15) is 11.6 Å². The molecule has 0 aliphatic heterocycles. The van der Waals surface area contributed by atoms with Crippen molar-refractivity contribution < 1.29 is 5.11 Å². The highest BCUT2D eigenvalue weighted by Gasteiger charge is 2.17. The summed E-state index contributed by atoms with van der Waals surface area (Å²) >= 11 is 1.62. The molecule has 0 radical (unpaired) electrons. The maximum Gasteiger partial charge on any atom is 0.186 e. The number of aromatic hydroxyl groups is 1. The minimum Gasteiger partial charge on any atom is -0.508 e. The maximum absolute atomic E-state index is 10.4. The van der Waals surface area contributed by atoms with Gasteiger partial charge < -0.3 is 10.4 Å². The zero-order valence-corrected chi connectivity index (χ0v) is 15.5. The second-order valence-electron chi connectivity index (χ2n) is 6.79. The lowest BCUT2D eigenvalue weighted by Crippen LogP contribution is -2.11. The Bertz CT molecular complexity index is 1100. The smallest absolute Gasteiger partial charge is 0.186 e. The molecule has 136 valence electrons. The van der Waals surface area contributed by atoms with Gasteiger partial charge in [0.25, 0.3) is 0 Å². The number of aryl methyl sites for hydroxylation is 1. The molecule has 3 aromatic heterocycles. The number of phenols is 1. The third-order valence-electron chi connectivity index (χ3n) is 5.11. The molecule has 4 aromatic rings. The first-order valence-corrected chi connectivity index (χ1v) is 10.1. The third kappa shape index (κ3) is 2.94. The molecule has 0 saturated heterocycles. The first kappa shape index (κ1) is 16.3. The Balaban J connectivity index is 1.45. The first-order chi connectivity index (χ1) is 13.3. The molecule has 0 atom stereocenters. The topological polar surface area (TPSA) is 75.3 Å². The number of anilines is 1. The molecule has 0 bridgehead atoms. The molecule has 1 aliphatic rings. The summed E-state index contributed by atoms with van der Waals surface area (Å²) in [5.74, 6) is 1.81. The second-order valence-corrected chi connectivity index (χ2v) is 7.57. The lowest BCUT2D eigenvalue weighted by atomic mass is 9.88. The minimum atomic E-state index is 0.354. The average Bonchev–Trinajstić information content (AvgIpc) is 3.36. The summed E-state index contributed by atoms with van der Waals surface area (Å²) in [7, 11) is 0. The largest absolute Gasteiger partial charge is 0.508 e. The molecule has 7 heteroatoms. The van der Waals surface area contributed by atoms with Crippen LogP contribution in [0.3, 0.4) is 0 Å². The average molecular weight is 377 g/mol. The Morgan fingerprint density at radius 1 is 1.07 bits per heavy atom. The van der Waals surface area contributed by atoms with E-state index in [2.05, 4.69) is 26.7 Å². The van der Waals surface area contributed by atoms with Crippen LogP contribution in [0.25, 0.3) is 17.0 Å². The number of fused-ring (bicyclic) bond motifs is 2. The Morgan fingerprint density at radius 3 is 2.89 bits per heavy atom. The molecule has 1 aromatic carbocycles. The predicted molar refractivity (Wildman–Crippen MR) is 106 cm³/mol. The highest BCUT2D eigenvalue weighted by molar-refractivity contribution is 7.08. The van der Waals surface area contributed by atoms with Gasteiger partial charge in [0, 0.05) is 23.1 Å². The molecular formula is C20H19N5OS. The van der Waals surface area contributed by atoms with Gasteiger partial charge in [0.15, 0.2) is 11.5 Å². The lowest BCUT2D eigenvalue weighted by molar-refractivity contribution is 0.466. The van der Waals surface area contributed by atoms with Gasteiger partial charge in [-0.1, -0.05) is 6.07 Å². The van der Waals surface area contributed by atoms with E-state index >= 15 is 0 Å². The Labute approximate surface area is 160 Å². The zero-order chi connectivity index (χ0) is 18.2. The van der Waals surface area contributed by atoms with Crippen LogP contribution in [-0.4, -0.2) is 24.9 Å². The molecule has 0 spiro atoms. The molecule has 1 aliphatic carbocycles. The van der Waals surface area contributed by atoms with Crippen molar-refractivity contribution in [3.8, 4) is 17.1 Å². The molecule has 0 amide bonds. The monoisotopic (exact) mass is 377 g/mol. The van der Waals surface area contributed by atoms with Crippen LogP contribution in [0, 0.1) is 0 Å². The fraction of sp³-hybridized carbons (Fsp3) is 0.250. The summed E-state index contributed by atoms with van der Waals surface area (Å²) in [5.41, 5.74) is 5.35. The number of benzene rings is 1. The van der Waals surface area contributed by atoms with Crippen molar-refractivity contribution in [2.45, 2.75) is 32.2 Å². The van der Waals surface area contributed by atoms with Gasteiger partial charge in [0.05, 0.1) is 0 Å². The number of hydrogen-bond donors (Lipinski definition) is 2.